The van der Waals surface area contributed by atoms with Gasteiger partial charge in [-0.25, -0.2) is 0 Å². The first-order valence-corrected chi connectivity index (χ1v) is 3.32. The van der Waals surface area contributed by atoms with Gasteiger partial charge >= 0.3 is 0 Å². The molecule has 0 atom stereocenters. The third-order valence-electron chi connectivity index (χ3n) is 1.47. The van der Waals surface area contributed by atoms with E-state index in [2.05, 4.69) is 11.8 Å². The molecule has 2 N–H and O–H groups in total. The van der Waals surface area contributed by atoms with Crippen LogP contribution in [0.2, 0.25) is 0 Å². The van der Waals surface area contributed by atoms with Gasteiger partial charge in [-0.1, -0.05) is 19.1 Å². The quantitative estimate of drug-likeness (QED) is 0.627. The Kier molecular flexibility index (Phi) is 2.29. The Morgan fingerprint density at radius 1 is 1.30 bits per heavy atom. The van der Waals surface area contributed by atoms with E-state index in [1.165, 1.54) is 5.56 Å². The molecule has 1 aromatic rings. The van der Waals surface area contributed by atoms with Crippen molar-refractivity contribution in [2.75, 3.05) is 0 Å². The van der Waals surface area contributed by atoms with E-state index < -0.39 is 0 Å². The second kappa shape index (κ2) is 3.22. The Hall–Kier alpha value is -1.02. The zero-order chi connectivity index (χ0) is 7.40. The summed E-state index contributed by atoms with van der Waals surface area (Å²) in [5, 5.41) is 0. The lowest BCUT2D eigenvalue weighted by Gasteiger charge is -1.98. The first-order chi connectivity index (χ1) is 4.86. The van der Waals surface area contributed by atoms with Crippen molar-refractivity contribution in [3.05, 3.63) is 29.8 Å². The topological polar surface area (TPSA) is 35.2 Å². The van der Waals surface area contributed by atoms with Crippen molar-refractivity contribution in [2.24, 2.45) is 5.90 Å². The fourth-order valence-electron chi connectivity index (χ4n) is 0.804. The second-order valence-electron chi connectivity index (χ2n) is 2.12. The smallest absolute Gasteiger partial charge is 0.146 e. The normalized spacial score (nSPS) is 9.40. The molecule has 0 aliphatic rings. The molecule has 0 saturated heterocycles. The molecule has 0 unspecified atom stereocenters. The predicted molar refractivity (Wildman–Crippen MR) is 40.6 cm³/mol. The zero-order valence-electron chi connectivity index (χ0n) is 6.00. The van der Waals surface area contributed by atoms with Gasteiger partial charge in [0.2, 0.25) is 0 Å². The Bertz CT molecular complexity index is 170. The van der Waals surface area contributed by atoms with E-state index in [0.29, 0.717) is 5.75 Å². The summed E-state index contributed by atoms with van der Waals surface area (Å²) in [5.74, 6) is 5.65. The summed E-state index contributed by atoms with van der Waals surface area (Å²) in [4.78, 5) is 4.51. The van der Waals surface area contributed by atoms with Crippen LogP contribution in [-0.2, 0) is 6.42 Å². The van der Waals surface area contributed by atoms with Crippen LogP contribution in [-0.4, -0.2) is 0 Å². The lowest BCUT2D eigenvalue weighted by Crippen LogP contribution is -2.01. The molecule has 2 nitrogen and oxygen atoms in total. The molecular formula is C8H11NO. The van der Waals surface area contributed by atoms with Crippen LogP contribution in [0.5, 0.6) is 5.75 Å². The molecule has 10 heavy (non-hydrogen) atoms. The van der Waals surface area contributed by atoms with Gasteiger partial charge in [0.05, 0.1) is 0 Å². The van der Waals surface area contributed by atoms with Crippen molar-refractivity contribution in [3.63, 3.8) is 0 Å². The van der Waals surface area contributed by atoms with Crippen molar-refractivity contribution >= 4 is 0 Å². The molecule has 0 radical (unpaired) electrons. The number of benzene rings is 1. The maximum Gasteiger partial charge on any atom is 0.146 e. The van der Waals surface area contributed by atoms with Crippen LogP contribution in [0.3, 0.4) is 0 Å². The molecule has 0 aromatic heterocycles. The monoisotopic (exact) mass is 137 g/mol. The molecule has 0 amide bonds. The van der Waals surface area contributed by atoms with Crippen molar-refractivity contribution in [3.8, 4) is 5.75 Å². The van der Waals surface area contributed by atoms with Crippen LogP contribution in [0.15, 0.2) is 24.3 Å². The number of hydrogen-bond acceptors (Lipinski definition) is 2. The maximum absolute atomic E-state index is 4.94. The van der Waals surface area contributed by atoms with Gasteiger partial charge in [0.25, 0.3) is 0 Å². The van der Waals surface area contributed by atoms with E-state index in [1.54, 1.807) is 0 Å². The Balaban J connectivity index is 2.80. The van der Waals surface area contributed by atoms with Gasteiger partial charge in [0, 0.05) is 0 Å². The fourth-order valence-corrected chi connectivity index (χ4v) is 0.804. The summed E-state index contributed by atoms with van der Waals surface area (Å²) < 4.78 is 0. The van der Waals surface area contributed by atoms with E-state index >= 15 is 0 Å². The fraction of sp³-hybridized carbons (Fsp3) is 0.250. The number of aryl methyl sites for hydroxylation is 1. The largest absolute Gasteiger partial charge is 0.412 e. The van der Waals surface area contributed by atoms with Crippen molar-refractivity contribution in [1.29, 1.82) is 0 Å². The SMILES string of the molecule is CCc1ccc(ON)cc1. The van der Waals surface area contributed by atoms with Gasteiger partial charge in [-0.15, -0.1) is 0 Å². The van der Waals surface area contributed by atoms with Crippen molar-refractivity contribution < 1.29 is 4.84 Å². The summed E-state index contributed by atoms with van der Waals surface area (Å²) in [5.41, 5.74) is 1.29. The zero-order valence-corrected chi connectivity index (χ0v) is 6.00. The minimum absolute atomic E-state index is 0.706. The second-order valence-corrected chi connectivity index (χ2v) is 2.12. The third-order valence-corrected chi connectivity index (χ3v) is 1.47. The van der Waals surface area contributed by atoms with Crippen LogP contribution in [0, 0.1) is 0 Å². The summed E-state index contributed by atoms with van der Waals surface area (Å²) in [6, 6.07) is 7.72. The highest BCUT2D eigenvalue weighted by Gasteiger charge is 1.89. The highest BCUT2D eigenvalue weighted by Crippen LogP contribution is 2.10. The highest BCUT2D eigenvalue weighted by atomic mass is 16.6. The minimum atomic E-state index is 0.706. The van der Waals surface area contributed by atoms with Gasteiger partial charge in [-0.3, -0.25) is 0 Å². The third kappa shape index (κ3) is 1.48. The standard InChI is InChI=1S/C8H11NO/c1-2-7-3-5-8(10-9)6-4-7/h3-6H,2,9H2,1H3. The average Bonchev–Trinajstić information content (AvgIpc) is 2.05. The van der Waals surface area contributed by atoms with Crippen molar-refractivity contribution in [2.45, 2.75) is 13.3 Å². The molecule has 1 rings (SSSR count). The van der Waals surface area contributed by atoms with Gasteiger partial charge in [0.1, 0.15) is 5.75 Å². The summed E-state index contributed by atoms with van der Waals surface area (Å²) in [6.07, 6.45) is 1.05. The molecular weight excluding hydrogens is 126 g/mol. The molecule has 0 fully saturated rings. The molecule has 0 saturated carbocycles. The molecule has 0 heterocycles. The lowest BCUT2D eigenvalue weighted by molar-refractivity contribution is 0.334. The van der Waals surface area contributed by atoms with Crippen LogP contribution in [0.25, 0.3) is 0 Å². The van der Waals surface area contributed by atoms with E-state index in [-0.39, 0.29) is 0 Å². The number of hydrogen-bond donors (Lipinski definition) is 1. The first kappa shape index (κ1) is 7.09. The van der Waals surface area contributed by atoms with E-state index in [9.17, 15) is 0 Å². The van der Waals surface area contributed by atoms with Crippen LogP contribution in [0.1, 0.15) is 12.5 Å². The molecule has 2 heteroatoms. The first-order valence-electron chi connectivity index (χ1n) is 3.32. The molecule has 0 aliphatic carbocycles. The van der Waals surface area contributed by atoms with E-state index in [1.807, 2.05) is 24.3 Å². The lowest BCUT2D eigenvalue weighted by atomic mass is 10.2. The predicted octanol–water partition coefficient (Wildman–Crippen LogP) is 1.50. The summed E-state index contributed by atoms with van der Waals surface area (Å²) >= 11 is 0. The summed E-state index contributed by atoms with van der Waals surface area (Å²) in [6.45, 7) is 2.11. The van der Waals surface area contributed by atoms with Crippen molar-refractivity contribution in [1.82, 2.24) is 0 Å². The summed E-state index contributed by atoms with van der Waals surface area (Å²) in [7, 11) is 0. The Labute approximate surface area is 60.6 Å². The van der Waals surface area contributed by atoms with E-state index in [0.717, 1.165) is 6.42 Å². The van der Waals surface area contributed by atoms with Gasteiger partial charge in [0.15, 0.2) is 0 Å². The minimum Gasteiger partial charge on any atom is -0.412 e. The molecule has 1 aromatic carbocycles. The number of nitrogens with two attached hydrogens (primary N) is 1. The molecule has 0 aliphatic heterocycles. The van der Waals surface area contributed by atoms with Crippen LogP contribution in [0.4, 0.5) is 0 Å². The van der Waals surface area contributed by atoms with Gasteiger partial charge in [-0.05, 0) is 24.1 Å². The highest BCUT2D eigenvalue weighted by molar-refractivity contribution is 5.26. The van der Waals surface area contributed by atoms with E-state index in [4.69, 9.17) is 5.90 Å². The van der Waals surface area contributed by atoms with Gasteiger partial charge in [-0.2, -0.15) is 5.90 Å². The average molecular weight is 137 g/mol. The molecule has 54 valence electrons. The molecule has 0 bridgehead atoms. The van der Waals surface area contributed by atoms with Crippen LogP contribution < -0.4 is 10.7 Å². The molecule has 0 spiro atoms. The maximum atomic E-state index is 4.94. The van der Waals surface area contributed by atoms with Crippen LogP contribution >= 0.6 is 0 Å². The number of rotatable bonds is 2. The Morgan fingerprint density at radius 3 is 2.30 bits per heavy atom. The Morgan fingerprint density at radius 2 is 1.90 bits per heavy atom. The van der Waals surface area contributed by atoms with Gasteiger partial charge < -0.3 is 4.84 Å².